The second-order valence-electron chi connectivity index (χ2n) is 14.3. The summed E-state index contributed by atoms with van der Waals surface area (Å²) in [6.07, 6.45) is 44.0. The summed E-state index contributed by atoms with van der Waals surface area (Å²) in [6.45, 7) is 3.20. The quantitative estimate of drug-likeness (QED) is 0.0242. The van der Waals surface area contributed by atoms with E-state index in [9.17, 15) is 19.3 Å². The number of unbranched alkanes of at least 4 members (excludes halogenated alkanes) is 18. The highest BCUT2D eigenvalue weighted by molar-refractivity contribution is 7.46. The van der Waals surface area contributed by atoms with Gasteiger partial charge in [-0.25, -0.2) is 4.57 Å². The molecule has 0 saturated heterocycles. The van der Waals surface area contributed by atoms with Gasteiger partial charge in [0.1, 0.15) is 6.61 Å². The molecule has 0 aliphatic rings. The highest BCUT2D eigenvalue weighted by Crippen LogP contribution is 2.36. The molecule has 308 valence electrons. The fourth-order valence-electron chi connectivity index (χ4n) is 5.74. The van der Waals surface area contributed by atoms with Crippen LogP contribution >= 0.6 is 7.82 Å². The van der Waals surface area contributed by atoms with Crippen molar-refractivity contribution in [1.82, 2.24) is 0 Å². The van der Waals surface area contributed by atoms with Crippen molar-refractivity contribution in [3.05, 3.63) is 48.6 Å². The minimum atomic E-state index is -4.78. The molecule has 0 aromatic heterocycles. The molecule has 10 heteroatoms. The normalized spacial score (nSPS) is 13.5. The van der Waals surface area contributed by atoms with E-state index >= 15 is 0 Å². The van der Waals surface area contributed by atoms with Crippen molar-refractivity contribution >= 4 is 19.8 Å². The molecule has 0 amide bonds. The number of ether oxygens (including phenoxy) is 2. The van der Waals surface area contributed by atoms with Gasteiger partial charge in [-0.1, -0.05) is 158 Å². The summed E-state index contributed by atoms with van der Waals surface area (Å²) >= 11 is 0. The van der Waals surface area contributed by atoms with Gasteiger partial charge in [0.2, 0.25) is 0 Å². The highest BCUT2D eigenvalue weighted by Gasteiger charge is 2.22. The third kappa shape index (κ3) is 42.6. The third-order valence-electron chi connectivity index (χ3n) is 8.87. The fraction of sp³-hybridized carbons (Fsp3) is 0.767. The molecule has 0 aliphatic carbocycles. The van der Waals surface area contributed by atoms with E-state index < -0.39 is 32.5 Å². The molecular formula is C43H77O9P. The monoisotopic (exact) mass is 769 g/mol. The minimum Gasteiger partial charge on any atom is -0.462 e. The van der Waals surface area contributed by atoms with Crippen molar-refractivity contribution in [1.29, 1.82) is 0 Å². The van der Waals surface area contributed by atoms with Crippen molar-refractivity contribution in [2.24, 2.45) is 0 Å². The molecule has 0 unspecified atom stereocenters. The van der Waals surface area contributed by atoms with E-state index in [1.807, 2.05) is 19.1 Å². The number of phosphoric ester groups is 1. The van der Waals surface area contributed by atoms with Crippen molar-refractivity contribution in [3.63, 3.8) is 0 Å². The summed E-state index contributed by atoms with van der Waals surface area (Å²) < 4.78 is 26.3. The van der Waals surface area contributed by atoms with Gasteiger partial charge in [0.25, 0.3) is 0 Å². The maximum absolute atomic E-state index is 12.4. The van der Waals surface area contributed by atoms with Crippen molar-refractivity contribution in [2.75, 3.05) is 13.2 Å². The molecule has 0 radical (unpaired) electrons. The summed E-state index contributed by atoms with van der Waals surface area (Å²) in [5.41, 5.74) is 0. The Morgan fingerprint density at radius 1 is 0.566 bits per heavy atom. The number of esters is 2. The number of hydrogen-bond donors (Lipinski definition) is 3. The van der Waals surface area contributed by atoms with E-state index in [1.54, 1.807) is 0 Å². The average molecular weight is 769 g/mol. The summed E-state index contributed by atoms with van der Waals surface area (Å²) in [4.78, 5) is 42.8. The van der Waals surface area contributed by atoms with Crippen LogP contribution in [0.2, 0.25) is 0 Å². The second kappa shape index (κ2) is 38.3. The zero-order valence-corrected chi connectivity index (χ0v) is 34.4. The van der Waals surface area contributed by atoms with Gasteiger partial charge in [0, 0.05) is 12.8 Å². The van der Waals surface area contributed by atoms with Crippen molar-refractivity contribution < 1.29 is 43.0 Å². The Balaban J connectivity index is 4.00. The maximum Gasteiger partial charge on any atom is 0.469 e. The summed E-state index contributed by atoms with van der Waals surface area (Å²) in [5.74, 6) is -0.963. The number of aliphatic hydroxyl groups excluding tert-OH is 1. The van der Waals surface area contributed by atoms with Crippen LogP contribution in [0.15, 0.2) is 48.6 Å². The van der Waals surface area contributed by atoms with Gasteiger partial charge in [-0.15, -0.1) is 0 Å². The van der Waals surface area contributed by atoms with Gasteiger partial charge in [-0.3, -0.25) is 14.1 Å². The highest BCUT2D eigenvalue weighted by atomic mass is 31.2. The fourth-order valence-corrected chi connectivity index (χ4v) is 6.10. The molecule has 2 atom stereocenters. The largest absolute Gasteiger partial charge is 0.469 e. The predicted octanol–water partition coefficient (Wildman–Crippen LogP) is 11.7. The van der Waals surface area contributed by atoms with Crippen LogP contribution in [-0.4, -0.2) is 52.3 Å². The Kier molecular flexibility index (Phi) is 36.8. The van der Waals surface area contributed by atoms with Gasteiger partial charge >= 0.3 is 19.8 Å². The molecule has 3 N–H and O–H groups in total. The van der Waals surface area contributed by atoms with Gasteiger partial charge in [0.05, 0.1) is 12.7 Å². The summed E-state index contributed by atoms with van der Waals surface area (Å²) in [6, 6.07) is 0. The van der Waals surface area contributed by atoms with Crippen LogP contribution in [0.5, 0.6) is 0 Å². The lowest BCUT2D eigenvalue weighted by Gasteiger charge is -2.18. The lowest BCUT2D eigenvalue weighted by atomic mass is 10.0. The van der Waals surface area contributed by atoms with Crippen LogP contribution in [-0.2, 0) is 28.2 Å². The number of hydrogen-bond acceptors (Lipinski definition) is 7. The minimum absolute atomic E-state index is 0.125. The number of allylic oxidation sites excluding steroid dienone is 8. The molecule has 0 aliphatic heterocycles. The first kappa shape index (κ1) is 51.0. The molecule has 0 aromatic carbocycles. The molecule has 53 heavy (non-hydrogen) atoms. The first-order valence-corrected chi connectivity index (χ1v) is 22.5. The van der Waals surface area contributed by atoms with Crippen LogP contribution in [0.3, 0.4) is 0 Å². The summed E-state index contributed by atoms with van der Waals surface area (Å²) in [7, 11) is -4.78. The van der Waals surface area contributed by atoms with Gasteiger partial charge in [0.15, 0.2) is 6.10 Å². The molecule has 0 rings (SSSR count). The molecule has 0 bridgehead atoms. The van der Waals surface area contributed by atoms with Crippen molar-refractivity contribution in [2.45, 2.75) is 199 Å². The van der Waals surface area contributed by atoms with Gasteiger partial charge in [-0.2, -0.15) is 0 Å². The Morgan fingerprint density at radius 3 is 1.43 bits per heavy atom. The lowest BCUT2D eigenvalue weighted by Crippen LogP contribution is -2.29. The second-order valence-corrected chi connectivity index (χ2v) is 15.5. The van der Waals surface area contributed by atoms with Crippen LogP contribution in [0.4, 0.5) is 0 Å². The van der Waals surface area contributed by atoms with Crippen LogP contribution < -0.4 is 0 Å². The van der Waals surface area contributed by atoms with Gasteiger partial charge < -0.3 is 24.4 Å². The van der Waals surface area contributed by atoms with Crippen LogP contribution in [0, 0.1) is 0 Å². The SMILES string of the molecule is CCCCCCCCCCCCCCCCCCCC(=O)OC[C@H](COP(=O)(O)O)OC(=O)CCC/C=C\C/C=C\C/C=C\C/C=C\CCC[C@H](C)O. The number of rotatable bonds is 38. The number of aliphatic hydroxyl groups is 1. The molecule has 0 fully saturated rings. The van der Waals surface area contributed by atoms with E-state index in [2.05, 4.69) is 47.9 Å². The average Bonchev–Trinajstić information content (AvgIpc) is 3.11. The number of phosphoric acid groups is 1. The Hall–Kier alpha value is -2.03. The zero-order chi connectivity index (χ0) is 39.1. The Labute approximate surface area is 323 Å². The Bertz CT molecular complexity index is 1020. The molecule has 9 nitrogen and oxygen atoms in total. The number of carbonyl (C=O) groups is 2. The smallest absolute Gasteiger partial charge is 0.462 e. The van der Waals surface area contributed by atoms with Crippen LogP contribution in [0.25, 0.3) is 0 Å². The predicted molar refractivity (Wildman–Crippen MR) is 217 cm³/mol. The lowest BCUT2D eigenvalue weighted by molar-refractivity contribution is -0.161. The van der Waals surface area contributed by atoms with E-state index in [1.165, 1.54) is 89.9 Å². The maximum atomic E-state index is 12.4. The molecule has 0 aromatic rings. The third-order valence-corrected chi connectivity index (χ3v) is 9.35. The topological polar surface area (TPSA) is 140 Å². The van der Waals surface area contributed by atoms with E-state index in [0.29, 0.717) is 19.3 Å². The standard InChI is InChI=1S/C43H77O9P/c1-3-4-5-6-7-8-9-10-11-12-15-18-21-24-27-30-33-36-42(45)50-38-41(39-51-53(47,48)49)52-43(46)37-34-31-28-25-22-19-16-13-14-17-20-23-26-29-32-35-40(2)44/h14,16-17,19,23,25-26,28,40-41,44H,3-13,15,18,20-22,24,27,29-39H2,1-2H3,(H2,47,48,49)/b17-14-,19-16-,26-23-,28-25-/t40-,41+/m0/s1. The first-order chi connectivity index (χ1) is 25.6. The zero-order valence-electron chi connectivity index (χ0n) is 33.5. The Morgan fingerprint density at radius 2 is 0.981 bits per heavy atom. The molecular weight excluding hydrogens is 691 g/mol. The first-order valence-electron chi connectivity index (χ1n) is 21.0. The molecule has 0 saturated carbocycles. The molecule has 0 spiro atoms. The summed E-state index contributed by atoms with van der Waals surface area (Å²) in [5, 5.41) is 9.25. The number of carbonyl (C=O) groups excluding carboxylic acids is 2. The van der Waals surface area contributed by atoms with E-state index in [0.717, 1.165) is 51.4 Å². The van der Waals surface area contributed by atoms with Crippen molar-refractivity contribution in [3.8, 4) is 0 Å². The van der Waals surface area contributed by atoms with Crippen LogP contribution in [0.1, 0.15) is 187 Å². The van der Waals surface area contributed by atoms with Gasteiger partial charge in [-0.05, 0) is 64.7 Å². The molecule has 0 heterocycles. The van der Waals surface area contributed by atoms with E-state index in [-0.39, 0.29) is 25.6 Å². The van der Waals surface area contributed by atoms with E-state index in [4.69, 9.17) is 19.3 Å².